The fraction of sp³-hybridized carbons (Fsp3) is 0.235. The maximum atomic E-state index is 4.70. The average molecular weight is 269 g/mol. The molecule has 0 radical (unpaired) electrons. The van der Waals surface area contributed by atoms with Crippen LogP contribution in [0.4, 0.5) is 0 Å². The molecule has 19 heavy (non-hydrogen) atoms. The lowest BCUT2D eigenvalue weighted by atomic mass is 10.1. The van der Waals surface area contributed by atoms with E-state index in [9.17, 15) is 0 Å². The van der Waals surface area contributed by atoms with E-state index in [1.165, 1.54) is 15.7 Å². The molecule has 1 nitrogen and oxygen atoms in total. The summed E-state index contributed by atoms with van der Waals surface area (Å²) in [6.45, 7) is 6.11. The lowest BCUT2D eigenvalue weighted by Crippen LogP contribution is -2.19. The van der Waals surface area contributed by atoms with Gasteiger partial charge in [0.15, 0.2) is 0 Å². The van der Waals surface area contributed by atoms with E-state index in [1.807, 2.05) is 13.8 Å². The molecule has 2 heteroatoms. The van der Waals surface area contributed by atoms with Crippen molar-refractivity contribution < 1.29 is 0 Å². The number of aromatic nitrogens is 1. The second kappa shape index (κ2) is 6.48. The molecule has 1 aliphatic carbocycles. The van der Waals surface area contributed by atoms with Crippen molar-refractivity contribution in [2.75, 3.05) is 0 Å². The summed E-state index contributed by atoms with van der Waals surface area (Å²) in [5, 5.41) is 2.21. The van der Waals surface area contributed by atoms with E-state index in [4.69, 9.17) is 4.98 Å². The second-order valence-corrected chi connectivity index (χ2v) is 5.20. The predicted molar refractivity (Wildman–Crippen MR) is 85.6 cm³/mol. The summed E-state index contributed by atoms with van der Waals surface area (Å²) in [6.07, 6.45) is 9.57. The van der Waals surface area contributed by atoms with Gasteiger partial charge in [0, 0.05) is 5.56 Å². The van der Waals surface area contributed by atoms with E-state index in [1.54, 1.807) is 11.3 Å². The minimum Gasteiger partial charge on any atom is -0.236 e. The van der Waals surface area contributed by atoms with E-state index in [-0.39, 0.29) is 0 Å². The molecule has 0 spiro atoms. The van der Waals surface area contributed by atoms with E-state index >= 15 is 0 Å². The van der Waals surface area contributed by atoms with Crippen LogP contribution in [-0.4, -0.2) is 4.98 Å². The summed E-state index contributed by atoms with van der Waals surface area (Å²) in [7, 11) is 0. The van der Waals surface area contributed by atoms with Gasteiger partial charge in [0.1, 0.15) is 5.01 Å². The van der Waals surface area contributed by atoms with Gasteiger partial charge in [-0.3, -0.25) is 0 Å². The Hall–Kier alpha value is -1.67. The van der Waals surface area contributed by atoms with Crippen molar-refractivity contribution in [1.82, 2.24) is 4.98 Å². The molecule has 0 saturated carbocycles. The first-order valence-corrected chi connectivity index (χ1v) is 7.55. The monoisotopic (exact) mass is 269 g/mol. The molecule has 2 aromatic rings. The number of hydrogen-bond donors (Lipinski definition) is 0. The van der Waals surface area contributed by atoms with Crippen LogP contribution in [0.2, 0.25) is 0 Å². The van der Waals surface area contributed by atoms with Gasteiger partial charge in [-0.2, -0.15) is 0 Å². The number of rotatable bonds is 1. The fourth-order valence-electron chi connectivity index (χ4n) is 1.92. The van der Waals surface area contributed by atoms with Crippen LogP contribution >= 0.6 is 11.3 Å². The number of aryl methyl sites for hydroxylation is 1. The highest BCUT2D eigenvalue weighted by Crippen LogP contribution is 2.19. The molecule has 1 aromatic carbocycles. The number of hydrogen-bond acceptors (Lipinski definition) is 2. The van der Waals surface area contributed by atoms with Crippen LogP contribution in [0.25, 0.3) is 22.7 Å². The summed E-state index contributed by atoms with van der Waals surface area (Å²) in [4.78, 5) is 4.70. The number of fused-ring (bicyclic) bond motifs is 1. The molecular formula is C17H19NS. The van der Waals surface area contributed by atoms with E-state index in [2.05, 4.69) is 55.5 Å². The van der Waals surface area contributed by atoms with Gasteiger partial charge in [-0.15, -0.1) is 11.3 Å². The lowest BCUT2D eigenvalue weighted by molar-refractivity contribution is 1.31. The Morgan fingerprint density at radius 3 is 2.84 bits per heavy atom. The third-order valence-corrected chi connectivity index (χ3v) is 3.89. The first-order valence-electron chi connectivity index (χ1n) is 6.74. The van der Waals surface area contributed by atoms with Crippen molar-refractivity contribution in [3.05, 3.63) is 51.9 Å². The van der Waals surface area contributed by atoms with Gasteiger partial charge < -0.3 is 0 Å². The van der Waals surface area contributed by atoms with Crippen LogP contribution < -0.4 is 9.88 Å². The van der Waals surface area contributed by atoms with Gasteiger partial charge in [-0.1, -0.05) is 55.8 Å². The maximum Gasteiger partial charge on any atom is 0.124 e. The molecular weight excluding hydrogens is 250 g/mol. The molecule has 0 bridgehead atoms. The standard InChI is InChI=1S/C15H13NS.C2H6/c1-11-6-5-7-12(10-11)15-16-13-8-3-2-4-9-14(13)17-15;1-2/h2-3,5-10H,4H2,1H3;1-2H3. The van der Waals surface area contributed by atoms with Crippen LogP contribution in [0.1, 0.15) is 25.8 Å². The third-order valence-electron chi connectivity index (χ3n) is 2.78. The van der Waals surface area contributed by atoms with Crippen molar-refractivity contribution in [3.8, 4) is 10.6 Å². The van der Waals surface area contributed by atoms with Crippen molar-refractivity contribution in [3.63, 3.8) is 0 Å². The van der Waals surface area contributed by atoms with Crippen LogP contribution in [0.3, 0.4) is 0 Å². The molecule has 0 saturated heterocycles. The fourth-order valence-corrected chi connectivity index (χ4v) is 2.92. The van der Waals surface area contributed by atoms with Crippen LogP contribution in [0.5, 0.6) is 0 Å². The van der Waals surface area contributed by atoms with Crippen molar-refractivity contribution in [1.29, 1.82) is 0 Å². The third kappa shape index (κ3) is 3.21. The first-order chi connectivity index (χ1) is 9.33. The zero-order valence-corrected chi connectivity index (χ0v) is 12.5. The lowest BCUT2D eigenvalue weighted by Gasteiger charge is -1.96. The molecule has 3 rings (SSSR count). The highest BCUT2D eigenvalue weighted by atomic mass is 32.1. The van der Waals surface area contributed by atoms with Gasteiger partial charge in [-0.05, 0) is 25.5 Å². The van der Waals surface area contributed by atoms with Crippen LogP contribution in [0, 0.1) is 6.92 Å². The van der Waals surface area contributed by atoms with E-state index in [0.29, 0.717) is 0 Å². The topological polar surface area (TPSA) is 12.9 Å². The van der Waals surface area contributed by atoms with Gasteiger partial charge in [0.25, 0.3) is 0 Å². The second-order valence-electron chi connectivity index (χ2n) is 4.17. The molecule has 0 atom stereocenters. The molecule has 0 aliphatic heterocycles. The van der Waals surface area contributed by atoms with Gasteiger partial charge in [0.05, 0.1) is 9.88 Å². The van der Waals surface area contributed by atoms with Gasteiger partial charge in [-0.25, -0.2) is 4.98 Å². The number of allylic oxidation sites excluding steroid dienone is 2. The van der Waals surface area contributed by atoms with E-state index in [0.717, 1.165) is 16.8 Å². The Labute approximate surface area is 118 Å². The Morgan fingerprint density at radius 1 is 1.21 bits per heavy atom. The molecule has 1 aromatic heterocycles. The molecule has 0 N–H and O–H groups in total. The van der Waals surface area contributed by atoms with Crippen molar-refractivity contribution >= 4 is 23.5 Å². The summed E-state index contributed by atoms with van der Waals surface area (Å²) in [5.74, 6) is 0. The summed E-state index contributed by atoms with van der Waals surface area (Å²) >= 11 is 1.77. The molecule has 98 valence electrons. The summed E-state index contributed by atoms with van der Waals surface area (Å²) in [6, 6.07) is 8.52. The summed E-state index contributed by atoms with van der Waals surface area (Å²) in [5.41, 5.74) is 2.50. The van der Waals surface area contributed by atoms with Crippen LogP contribution in [0.15, 0.2) is 36.4 Å². The Kier molecular flexibility index (Phi) is 4.69. The highest BCUT2D eigenvalue weighted by molar-refractivity contribution is 7.13. The SMILES string of the molecule is CC.Cc1cccc(-c2nc3c(s2)=CCC=CC=3)c1. The quantitative estimate of drug-likeness (QED) is 0.770. The predicted octanol–water partition coefficient (Wildman–Crippen LogP) is 3.67. The Balaban J connectivity index is 0.000000637. The number of benzene rings is 1. The van der Waals surface area contributed by atoms with E-state index < -0.39 is 0 Å². The minimum atomic E-state index is 0.999. The smallest absolute Gasteiger partial charge is 0.124 e. The van der Waals surface area contributed by atoms with Gasteiger partial charge >= 0.3 is 0 Å². The minimum absolute atomic E-state index is 0.999. The molecule has 0 unspecified atom stereocenters. The number of nitrogens with zero attached hydrogens (tertiary/aromatic N) is 1. The summed E-state index contributed by atoms with van der Waals surface area (Å²) < 4.78 is 1.28. The first kappa shape index (κ1) is 13.8. The molecule has 1 heterocycles. The Morgan fingerprint density at radius 2 is 2.05 bits per heavy atom. The molecule has 0 amide bonds. The normalized spacial score (nSPS) is 12.4. The largest absolute Gasteiger partial charge is 0.236 e. The number of thiazole rings is 1. The van der Waals surface area contributed by atoms with Crippen LogP contribution in [-0.2, 0) is 0 Å². The Bertz CT molecular complexity index is 692. The van der Waals surface area contributed by atoms with Crippen molar-refractivity contribution in [2.45, 2.75) is 27.2 Å². The zero-order chi connectivity index (χ0) is 13.7. The van der Waals surface area contributed by atoms with Gasteiger partial charge in [0.2, 0.25) is 0 Å². The highest BCUT2D eigenvalue weighted by Gasteiger charge is 2.03. The zero-order valence-electron chi connectivity index (χ0n) is 11.7. The maximum absolute atomic E-state index is 4.70. The average Bonchev–Trinajstić information content (AvgIpc) is 2.73. The molecule has 0 fully saturated rings. The molecule has 1 aliphatic rings. The van der Waals surface area contributed by atoms with Crippen molar-refractivity contribution in [2.24, 2.45) is 0 Å².